The maximum absolute atomic E-state index is 13.6. The van der Waals surface area contributed by atoms with Crippen LogP contribution in [0, 0.1) is 0 Å². The number of amides is 1. The number of carbonyl (C=O) groups excluding carboxylic acids is 1. The van der Waals surface area contributed by atoms with E-state index in [0.717, 1.165) is 23.2 Å². The molecule has 0 unspecified atom stereocenters. The summed E-state index contributed by atoms with van der Waals surface area (Å²) in [6.45, 7) is 2.88. The van der Waals surface area contributed by atoms with Crippen LogP contribution in [0.15, 0.2) is 78.0 Å². The first kappa shape index (κ1) is 20.8. The molecule has 0 atom stereocenters. The van der Waals surface area contributed by atoms with Gasteiger partial charge in [-0.25, -0.2) is 4.99 Å². The summed E-state index contributed by atoms with van der Waals surface area (Å²) in [7, 11) is 0. The van der Waals surface area contributed by atoms with E-state index >= 15 is 0 Å². The zero-order valence-corrected chi connectivity index (χ0v) is 16.5. The molecule has 0 fully saturated rings. The number of aryl methyl sites for hydroxylation is 1. The third kappa shape index (κ3) is 3.80. The molecule has 3 aromatic rings. The Balaban J connectivity index is 0.000000806. The molecule has 8 heteroatoms. The van der Waals surface area contributed by atoms with Gasteiger partial charge in [0.15, 0.2) is 11.5 Å². The Morgan fingerprint density at radius 2 is 1.60 bits per heavy atom. The van der Waals surface area contributed by atoms with Gasteiger partial charge in [-0.3, -0.25) is 19.2 Å². The molecule has 1 aliphatic rings. The first-order chi connectivity index (χ1) is 14.6. The molecule has 3 N–H and O–H groups in total. The Hall–Kier alpha value is -3.94. The Kier molecular flexibility index (Phi) is 6.26. The molecule has 154 valence electrons. The van der Waals surface area contributed by atoms with Gasteiger partial charge in [0.1, 0.15) is 0 Å². The summed E-state index contributed by atoms with van der Waals surface area (Å²) in [6, 6.07) is 19.2. The molecule has 2 heterocycles. The Morgan fingerprint density at radius 1 is 1.07 bits per heavy atom. The number of guanidine groups is 1. The average molecular weight is 405 g/mol. The van der Waals surface area contributed by atoms with Crippen LogP contribution in [0.25, 0.3) is 0 Å². The molecule has 30 heavy (non-hydrogen) atoms. The van der Waals surface area contributed by atoms with Crippen LogP contribution in [-0.4, -0.2) is 38.1 Å². The van der Waals surface area contributed by atoms with Crippen molar-refractivity contribution in [3.05, 3.63) is 89.7 Å². The van der Waals surface area contributed by atoms with Gasteiger partial charge in [-0.15, -0.1) is 0 Å². The highest BCUT2D eigenvalue weighted by molar-refractivity contribution is 6.09. The summed E-state index contributed by atoms with van der Waals surface area (Å²) in [5.41, 5.74) is 7.60. The number of carboxylic acid groups (broad SMARTS) is 1. The van der Waals surface area contributed by atoms with Gasteiger partial charge in [-0.1, -0.05) is 60.7 Å². The van der Waals surface area contributed by atoms with Crippen molar-refractivity contribution in [2.75, 3.05) is 0 Å². The lowest BCUT2D eigenvalue weighted by atomic mass is 9.83. The fourth-order valence-electron chi connectivity index (χ4n) is 3.48. The average Bonchev–Trinajstić information content (AvgIpc) is 3.34. The van der Waals surface area contributed by atoms with E-state index in [2.05, 4.69) is 10.1 Å². The van der Waals surface area contributed by atoms with Gasteiger partial charge in [-0.05, 0) is 18.1 Å². The second kappa shape index (κ2) is 9.04. The molecule has 0 aliphatic carbocycles. The standard InChI is InChI=1S/C21H21N5O.CH2O2/c1-2-25-14-16(13-23-25)15-26-19(27)21(24-20(26)22,17-9-5-3-6-10-17)18-11-7-4-8-12-18;2-1-3/h3-14H,2,15H2,1H3,(H2,22,24);1H,(H,2,3). The van der Waals surface area contributed by atoms with Gasteiger partial charge < -0.3 is 10.8 Å². The number of nitrogens with zero attached hydrogens (tertiary/aromatic N) is 4. The quantitative estimate of drug-likeness (QED) is 0.632. The predicted octanol–water partition coefficient (Wildman–Crippen LogP) is 2.20. The van der Waals surface area contributed by atoms with Crippen molar-refractivity contribution in [1.82, 2.24) is 14.7 Å². The highest BCUT2D eigenvalue weighted by atomic mass is 16.3. The molecular formula is C22H23N5O3. The van der Waals surface area contributed by atoms with Crippen LogP contribution in [0.5, 0.6) is 0 Å². The molecule has 1 aromatic heterocycles. The topological polar surface area (TPSA) is 114 Å². The van der Waals surface area contributed by atoms with E-state index in [4.69, 9.17) is 15.6 Å². The number of aromatic nitrogens is 2. The number of benzene rings is 2. The third-order valence-electron chi connectivity index (χ3n) is 4.85. The zero-order chi connectivity index (χ0) is 21.6. The van der Waals surface area contributed by atoms with Gasteiger partial charge in [0.05, 0.1) is 12.7 Å². The van der Waals surface area contributed by atoms with Crippen molar-refractivity contribution >= 4 is 18.3 Å². The van der Waals surface area contributed by atoms with Gasteiger partial charge in [0.25, 0.3) is 12.4 Å². The molecule has 0 saturated carbocycles. The van der Waals surface area contributed by atoms with Gasteiger partial charge in [-0.2, -0.15) is 5.10 Å². The predicted molar refractivity (Wildman–Crippen MR) is 112 cm³/mol. The fourth-order valence-corrected chi connectivity index (χ4v) is 3.48. The van der Waals surface area contributed by atoms with Crippen LogP contribution >= 0.6 is 0 Å². The minimum absolute atomic E-state index is 0.151. The lowest BCUT2D eigenvalue weighted by molar-refractivity contribution is -0.130. The van der Waals surface area contributed by atoms with Crippen molar-refractivity contribution in [3.8, 4) is 0 Å². The van der Waals surface area contributed by atoms with E-state index in [9.17, 15) is 4.79 Å². The Morgan fingerprint density at radius 3 is 2.07 bits per heavy atom. The molecular weight excluding hydrogens is 382 g/mol. The van der Waals surface area contributed by atoms with E-state index < -0.39 is 5.54 Å². The maximum atomic E-state index is 13.6. The highest BCUT2D eigenvalue weighted by Gasteiger charge is 2.50. The monoisotopic (exact) mass is 405 g/mol. The van der Waals surface area contributed by atoms with Crippen LogP contribution in [0.2, 0.25) is 0 Å². The first-order valence-electron chi connectivity index (χ1n) is 9.44. The minimum atomic E-state index is -1.16. The first-order valence-corrected chi connectivity index (χ1v) is 9.44. The molecule has 0 saturated heterocycles. The van der Waals surface area contributed by atoms with Gasteiger partial charge >= 0.3 is 0 Å². The van der Waals surface area contributed by atoms with Crippen LogP contribution in [-0.2, 0) is 28.2 Å². The van der Waals surface area contributed by atoms with E-state index in [1.54, 1.807) is 6.20 Å². The lowest BCUT2D eigenvalue weighted by Gasteiger charge is -2.27. The molecule has 0 bridgehead atoms. The third-order valence-corrected chi connectivity index (χ3v) is 4.85. The molecule has 1 amide bonds. The molecule has 1 aliphatic heterocycles. The van der Waals surface area contributed by atoms with Gasteiger partial charge in [0, 0.05) is 18.3 Å². The van der Waals surface area contributed by atoms with Crippen LogP contribution < -0.4 is 5.73 Å². The molecule has 2 aromatic carbocycles. The van der Waals surface area contributed by atoms with Crippen molar-refractivity contribution in [2.45, 2.75) is 25.6 Å². The number of rotatable bonds is 5. The largest absolute Gasteiger partial charge is 0.483 e. The minimum Gasteiger partial charge on any atom is -0.483 e. The van der Waals surface area contributed by atoms with Crippen LogP contribution in [0.4, 0.5) is 0 Å². The van der Waals surface area contributed by atoms with E-state index in [0.29, 0.717) is 6.54 Å². The van der Waals surface area contributed by atoms with E-state index in [-0.39, 0.29) is 18.3 Å². The van der Waals surface area contributed by atoms with Crippen molar-refractivity contribution < 1.29 is 14.7 Å². The second-order valence-electron chi connectivity index (χ2n) is 6.61. The molecule has 8 nitrogen and oxygen atoms in total. The van der Waals surface area contributed by atoms with Crippen molar-refractivity contribution in [2.24, 2.45) is 10.7 Å². The maximum Gasteiger partial charge on any atom is 0.290 e. The number of carbonyl (C=O) groups is 2. The zero-order valence-electron chi connectivity index (χ0n) is 16.5. The SMILES string of the molecule is CCn1cc(CN2C(=O)C(c3ccccc3)(c3ccccc3)N=C2N)cn1.O=CO. The van der Waals surface area contributed by atoms with Crippen molar-refractivity contribution in [1.29, 1.82) is 0 Å². The number of hydrogen-bond donors (Lipinski definition) is 2. The van der Waals surface area contributed by atoms with E-state index in [1.807, 2.05) is 78.5 Å². The summed E-state index contributed by atoms with van der Waals surface area (Å²) in [5, 5.41) is 11.2. The molecule has 4 rings (SSSR count). The number of nitrogens with two attached hydrogens (primary N) is 1. The van der Waals surface area contributed by atoms with Crippen LogP contribution in [0.3, 0.4) is 0 Å². The second-order valence-corrected chi connectivity index (χ2v) is 6.61. The Labute approximate surface area is 174 Å². The summed E-state index contributed by atoms with van der Waals surface area (Å²) >= 11 is 0. The molecule has 0 radical (unpaired) electrons. The van der Waals surface area contributed by atoms with Crippen LogP contribution in [0.1, 0.15) is 23.6 Å². The summed E-state index contributed by atoms with van der Waals surface area (Å²) in [5.74, 6) is 0.0682. The van der Waals surface area contributed by atoms with Crippen molar-refractivity contribution in [3.63, 3.8) is 0 Å². The summed E-state index contributed by atoms with van der Waals surface area (Å²) in [6.07, 6.45) is 3.68. The number of hydrogen-bond acceptors (Lipinski definition) is 5. The fraction of sp³-hybridized carbons (Fsp3) is 0.182. The van der Waals surface area contributed by atoms with Gasteiger partial charge in [0.2, 0.25) is 0 Å². The normalized spacial score (nSPS) is 14.6. The summed E-state index contributed by atoms with van der Waals surface area (Å²) < 4.78 is 1.82. The smallest absolute Gasteiger partial charge is 0.290 e. The number of aliphatic imine (C=N–C) groups is 1. The lowest BCUT2D eigenvalue weighted by Crippen LogP contribution is -2.43. The Bertz CT molecular complexity index is 992. The summed E-state index contributed by atoms with van der Waals surface area (Å²) in [4.78, 5) is 28.2. The van der Waals surface area contributed by atoms with E-state index in [1.165, 1.54) is 4.90 Å². The highest BCUT2D eigenvalue weighted by Crippen LogP contribution is 2.39. The molecule has 0 spiro atoms.